The van der Waals surface area contributed by atoms with Crippen molar-refractivity contribution in [2.75, 3.05) is 0 Å². The molecule has 0 N–H and O–H groups in total. The van der Waals surface area contributed by atoms with Gasteiger partial charge in [-0.2, -0.15) is 0 Å². The van der Waals surface area contributed by atoms with Crippen molar-refractivity contribution in [2.45, 2.75) is 26.7 Å². The van der Waals surface area contributed by atoms with Crippen molar-refractivity contribution in [1.29, 1.82) is 0 Å². The van der Waals surface area contributed by atoms with E-state index < -0.39 is 0 Å². The first kappa shape index (κ1) is 72.9. The lowest BCUT2D eigenvalue weighted by atomic mass is 9.85. The number of halogens is 1. The summed E-state index contributed by atoms with van der Waals surface area (Å²) < 4.78 is 20.9. The molecule has 0 radical (unpaired) electrons. The summed E-state index contributed by atoms with van der Waals surface area (Å²) >= 11 is 0. The quantitative estimate of drug-likeness (QED) is 0.115. The van der Waals surface area contributed by atoms with E-state index in [4.69, 9.17) is 0 Å². The third kappa shape index (κ3) is 12.4. The highest BCUT2D eigenvalue weighted by atomic mass is 19.1. The van der Waals surface area contributed by atoms with E-state index in [2.05, 4.69) is 440 Å². The summed E-state index contributed by atoms with van der Waals surface area (Å²) in [5.41, 5.74) is 28.3. The van der Waals surface area contributed by atoms with E-state index >= 15 is 0 Å². The summed E-state index contributed by atoms with van der Waals surface area (Å²) in [4.78, 5) is 0. The van der Waals surface area contributed by atoms with E-state index in [1.54, 1.807) is 12.1 Å². The van der Waals surface area contributed by atoms with Crippen molar-refractivity contribution in [3.05, 3.63) is 454 Å². The topological polar surface area (TPSA) is 14.8 Å². The highest BCUT2D eigenvalue weighted by Gasteiger charge is 2.23. The highest BCUT2D eigenvalue weighted by molar-refractivity contribution is 6.25. The fraction of sp³-hybridized carbons (Fsp3) is 0.0339. The van der Waals surface area contributed by atoms with Gasteiger partial charge in [0.25, 0.3) is 0 Å². The first-order valence-electron chi connectivity index (χ1n) is 42.4. The van der Waals surface area contributed by atoms with Crippen LogP contribution in [0, 0.1) is 5.82 Å². The Balaban J connectivity index is 0.000000109. The van der Waals surface area contributed by atoms with Crippen LogP contribution in [-0.4, -0.2) is 13.7 Å². The van der Waals surface area contributed by atoms with E-state index in [1.807, 2.05) is 12.1 Å². The summed E-state index contributed by atoms with van der Waals surface area (Å²) in [6, 6.07) is 157. The standard InChI is InChI=1S/2C40H29N.C38H24FN/c1-2-27-12-11-13-29(26-27)40-35-18-5-3-16-33(35)39(34-17-4-6-19-36(34)40)28-22-24-30(25-23-28)41-37-20-9-7-14-31(37)32-15-8-10-21-38(32)41;1-2-27-19-21-28(22-20-27)39-33-13-3-5-15-35(33)40(36-16-6-4-14-34(36)39)29-23-25-30(26-24-29)41-37-17-9-7-11-31(37)32-12-8-10-18-38(32)41;39-27-21-17-25(18-22-27)37-31-11-1-3-13-33(31)38(34-14-4-2-12-32(34)37)26-19-23-28(24-20-26)40-35-15-7-5-9-29(35)30-10-6-8-16-36(30)40/h2*3-26H,2H2,1H3;1-24H. The van der Waals surface area contributed by atoms with Crippen LogP contribution in [0.4, 0.5) is 4.39 Å². The van der Waals surface area contributed by atoms with E-state index in [1.165, 1.54) is 197 Å². The summed E-state index contributed by atoms with van der Waals surface area (Å²) in [5, 5.41) is 22.6. The Labute approximate surface area is 707 Å². The van der Waals surface area contributed by atoms with Crippen LogP contribution in [-0.2, 0) is 12.8 Å². The Morgan fingerprint density at radius 1 is 0.164 bits per heavy atom. The Morgan fingerprint density at radius 3 is 0.574 bits per heavy atom. The average Bonchev–Trinajstić information content (AvgIpc) is 0.904. The maximum atomic E-state index is 13.8. The lowest BCUT2D eigenvalue weighted by Gasteiger charge is -2.18. The second-order valence-corrected chi connectivity index (χ2v) is 31.9. The molecule has 3 aromatic heterocycles. The molecule has 576 valence electrons. The number of fused-ring (bicyclic) bond motifs is 15. The Morgan fingerprint density at radius 2 is 0.352 bits per heavy atom. The van der Waals surface area contributed by atoms with Gasteiger partial charge in [0, 0.05) is 49.4 Å². The van der Waals surface area contributed by atoms with Crippen molar-refractivity contribution in [3.63, 3.8) is 0 Å². The van der Waals surface area contributed by atoms with Crippen LogP contribution in [0.1, 0.15) is 25.0 Å². The predicted octanol–water partition coefficient (Wildman–Crippen LogP) is 32.5. The van der Waals surface area contributed by atoms with Crippen LogP contribution in [0.2, 0.25) is 0 Å². The molecule has 0 bridgehead atoms. The number of nitrogens with zero attached hydrogens (tertiary/aromatic N) is 3. The number of hydrogen-bond donors (Lipinski definition) is 0. The summed E-state index contributed by atoms with van der Waals surface area (Å²) in [6.07, 6.45) is 2.07. The Kier molecular flexibility index (Phi) is 18.4. The maximum Gasteiger partial charge on any atom is 0.123 e. The molecule has 0 fully saturated rings. The molecule has 0 aliphatic carbocycles. The van der Waals surface area contributed by atoms with Crippen molar-refractivity contribution in [3.8, 4) is 83.8 Å². The number of benzene rings is 21. The van der Waals surface area contributed by atoms with Gasteiger partial charge >= 0.3 is 0 Å². The molecule has 122 heavy (non-hydrogen) atoms. The molecule has 3 nitrogen and oxygen atoms in total. The molecule has 24 rings (SSSR count). The van der Waals surface area contributed by atoms with Gasteiger partial charge in [-0.3, -0.25) is 0 Å². The number of rotatable bonds is 11. The van der Waals surface area contributed by atoms with Crippen molar-refractivity contribution < 1.29 is 4.39 Å². The van der Waals surface area contributed by atoms with Gasteiger partial charge in [-0.1, -0.05) is 366 Å². The fourth-order valence-electron chi connectivity index (χ4n) is 19.7. The van der Waals surface area contributed by atoms with Gasteiger partial charge in [-0.25, -0.2) is 4.39 Å². The Hall–Kier alpha value is -15.5. The summed E-state index contributed by atoms with van der Waals surface area (Å²) in [7, 11) is 0. The second-order valence-electron chi connectivity index (χ2n) is 31.9. The highest BCUT2D eigenvalue weighted by Crippen LogP contribution is 2.49. The largest absolute Gasteiger partial charge is 0.309 e. The lowest BCUT2D eigenvalue weighted by Crippen LogP contribution is -1.94. The average molecular weight is 1560 g/mol. The van der Waals surface area contributed by atoms with Crippen LogP contribution in [0.5, 0.6) is 0 Å². The molecule has 0 spiro atoms. The normalized spacial score (nSPS) is 11.6. The molecule has 0 saturated heterocycles. The van der Waals surface area contributed by atoms with Gasteiger partial charge in [-0.05, 0) is 240 Å². The molecule has 0 amide bonds. The molecule has 0 unspecified atom stereocenters. The minimum Gasteiger partial charge on any atom is -0.309 e. The summed E-state index contributed by atoms with van der Waals surface area (Å²) in [5.74, 6) is -0.225. The molecule has 3 heterocycles. The zero-order valence-corrected chi connectivity index (χ0v) is 67.7. The van der Waals surface area contributed by atoms with Gasteiger partial charge in [0.1, 0.15) is 5.82 Å². The fourth-order valence-corrected chi connectivity index (χ4v) is 19.7. The zero-order chi connectivity index (χ0) is 81.3. The van der Waals surface area contributed by atoms with Crippen molar-refractivity contribution in [1.82, 2.24) is 13.7 Å². The minimum atomic E-state index is -0.225. The lowest BCUT2D eigenvalue weighted by molar-refractivity contribution is 0.628. The zero-order valence-electron chi connectivity index (χ0n) is 67.7. The van der Waals surface area contributed by atoms with E-state index in [0.717, 1.165) is 40.4 Å². The van der Waals surface area contributed by atoms with Gasteiger partial charge in [0.15, 0.2) is 0 Å². The minimum absolute atomic E-state index is 0.225. The van der Waals surface area contributed by atoms with Gasteiger partial charge in [-0.15, -0.1) is 0 Å². The molecule has 24 aromatic rings. The van der Waals surface area contributed by atoms with Crippen molar-refractivity contribution >= 4 is 130 Å². The third-order valence-corrected chi connectivity index (χ3v) is 25.2. The smallest absolute Gasteiger partial charge is 0.123 e. The van der Waals surface area contributed by atoms with E-state index in [-0.39, 0.29) is 5.82 Å². The third-order valence-electron chi connectivity index (χ3n) is 25.2. The van der Waals surface area contributed by atoms with Gasteiger partial charge < -0.3 is 13.7 Å². The predicted molar refractivity (Wildman–Crippen MR) is 519 cm³/mol. The summed E-state index contributed by atoms with van der Waals surface area (Å²) in [6.45, 7) is 4.43. The van der Waals surface area contributed by atoms with Crippen molar-refractivity contribution in [2.24, 2.45) is 0 Å². The Bertz CT molecular complexity index is 7860. The van der Waals surface area contributed by atoms with E-state index in [0.29, 0.717) is 0 Å². The molecule has 0 aliphatic rings. The maximum absolute atomic E-state index is 13.8. The van der Waals surface area contributed by atoms with Gasteiger partial charge in [0.2, 0.25) is 0 Å². The number of aromatic nitrogens is 3. The molecule has 0 saturated carbocycles. The van der Waals surface area contributed by atoms with E-state index in [9.17, 15) is 4.39 Å². The first-order chi connectivity index (χ1) is 60.4. The molecule has 4 heteroatoms. The number of para-hydroxylation sites is 6. The second kappa shape index (κ2) is 30.8. The first-order valence-corrected chi connectivity index (χ1v) is 42.4. The molecular formula is C118H82FN3. The number of aryl methyl sites for hydroxylation is 2. The SMILES string of the molecule is CCc1ccc(-c2c3ccccc3c(-c3ccc(-n4c5ccccc5c5ccccc54)cc3)c3ccccc23)cc1.CCc1cccc(-c2c3ccccc3c(-c3ccc(-n4c5ccccc5c5ccccc54)cc3)c3ccccc23)c1.Fc1ccc(-c2c3ccccc3c(-c3ccc(-n4c5ccccc5c5ccccc54)cc3)c3ccccc23)cc1. The monoisotopic (exact) mass is 1560 g/mol. The van der Waals surface area contributed by atoms with Crippen LogP contribution >= 0.6 is 0 Å². The van der Waals surface area contributed by atoms with Crippen LogP contribution in [0.15, 0.2) is 437 Å². The molecular weight excluding hydrogens is 1480 g/mol. The van der Waals surface area contributed by atoms with Crippen LogP contribution < -0.4 is 0 Å². The molecule has 0 aliphatic heterocycles. The van der Waals surface area contributed by atoms with Gasteiger partial charge in [0.05, 0.1) is 33.1 Å². The van der Waals surface area contributed by atoms with Crippen LogP contribution in [0.3, 0.4) is 0 Å². The molecule has 21 aromatic carbocycles. The van der Waals surface area contributed by atoms with Crippen LogP contribution in [0.25, 0.3) is 214 Å². The molecule has 0 atom stereocenters. The number of hydrogen-bond acceptors (Lipinski definition) is 0.